The predicted octanol–water partition coefficient (Wildman–Crippen LogP) is 3.94. The lowest BCUT2D eigenvalue weighted by atomic mass is 9.99. The Bertz CT molecular complexity index is 542. The molecule has 1 atom stereocenters. The average Bonchev–Trinajstić information content (AvgIpc) is 2.93. The molecule has 0 saturated heterocycles. The van der Waals surface area contributed by atoms with Gasteiger partial charge in [-0.2, -0.15) is 0 Å². The molecule has 0 fully saturated rings. The summed E-state index contributed by atoms with van der Waals surface area (Å²) in [5.74, 6) is 0.764. The normalized spacial score (nSPS) is 19.2. The average molecular weight is 268 g/mol. The predicted molar refractivity (Wildman–Crippen MR) is 83.7 cm³/mol. The van der Waals surface area contributed by atoms with E-state index in [0.29, 0.717) is 6.04 Å². The molecule has 2 heteroatoms. The Hall–Kier alpha value is -1.54. The van der Waals surface area contributed by atoms with Gasteiger partial charge in [-0.15, -0.1) is 0 Å². The number of benzene rings is 1. The van der Waals surface area contributed by atoms with Crippen LogP contribution < -0.4 is 0 Å². The molecule has 0 N–H and O–H groups in total. The Labute approximate surface area is 122 Å². The highest BCUT2D eigenvalue weighted by Crippen LogP contribution is 2.32. The van der Waals surface area contributed by atoms with Gasteiger partial charge in [0.1, 0.15) is 0 Å². The van der Waals surface area contributed by atoms with Gasteiger partial charge in [0, 0.05) is 25.0 Å². The molecule has 0 aliphatic carbocycles. The summed E-state index contributed by atoms with van der Waals surface area (Å²) in [6.45, 7) is 8.06. The quantitative estimate of drug-likeness (QED) is 0.815. The van der Waals surface area contributed by atoms with Crippen molar-refractivity contribution < 1.29 is 0 Å². The minimum absolute atomic E-state index is 0.415. The van der Waals surface area contributed by atoms with Crippen LogP contribution in [0.1, 0.15) is 37.6 Å². The first-order valence-electron chi connectivity index (χ1n) is 7.70. The van der Waals surface area contributed by atoms with Gasteiger partial charge in [-0.3, -0.25) is 4.90 Å². The van der Waals surface area contributed by atoms with Crippen molar-refractivity contribution in [2.24, 2.45) is 5.92 Å². The summed E-state index contributed by atoms with van der Waals surface area (Å²) in [4.78, 5) is 2.64. The smallest absolute Gasteiger partial charge is 0.0756 e. The van der Waals surface area contributed by atoms with Gasteiger partial charge in [0.15, 0.2) is 0 Å². The lowest BCUT2D eigenvalue weighted by molar-refractivity contribution is 0.174. The van der Waals surface area contributed by atoms with E-state index < -0.39 is 0 Å². The SMILES string of the molecule is CC(C)CCN1CCn2cccc2C1c1ccccc1. The van der Waals surface area contributed by atoms with Crippen LogP contribution in [-0.2, 0) is 6.54 Å². The standard InChI is InChI=1S/C18H24N2/c1-15(2)10-12-20-14-13-19-11-6-9-17(19)18(20)16-7-4-3-5-8-16/h3-9,11,15,18H,10,12-14H2,1-2H3. The van der Waals surface area contributed by atoms with Crippen LogP contribution >= 0.6 is 0 Å². The molecule has 20 heavy (non-hydrogen) atoms. The number of fused-ring (bicyclic) bond motifs is 1. The van der Waals surface area contributed by atoms with E-state index in [9.17, 15) is 0 Å². The van der Waals surface area contributed by atoms with Crippen molar-refractivity contribution in [3.8, 4) is 0 Å². The van der Waals surface area contributed by atoms with Crippen LogP contribution in [0.15, 0.2) is 48.7 Å². The van der Waals surface area contributed by atoms with E-state index in [2.05, 4.69) is 72.0 Å². The molecule has 3 rings (SSSR count). The first-order valence-corrected chi connectivity index (χ1v) is 7.70. The Morgan fingerprint density at radius 1 is 1.05 bits per heavy atom. The fraction of sp³-hybridized carbons (Fsp3) is 0.444. The second kappa shape index (κ2) is 5.84. The van der Waals surface area contributed by atoms with Crippen molar-refractivity contribution >= 4 is 0 Å². The molecule has 1 unspecified atom stereocenters. The second-order valence-electron chi connectivity index (χ2n) is 6.16. The third kappa shape index (κ3) is 2.66. The highest BCUT2D eigenvalue weighted by molar-refractivity contribution is 5.30. The second-order valence-corrected chi connectivity index (χ2v) is 6.16. The zero-order valence-corrected chi connectivity index (χ0v) is 12.5. The van der Waals surface area contributed by atoms with Crippen LogP contribution in [-0.4, -0.2) is 22.6 Å². The molecule has 1 aliphatic heterocycles. The molecule has 2 heterocycles. The van der Waals surface area contributed by atoms with Crippen molar-refractivity contribution in [2.45, 2.75) is 32.9 Å². The van der Waals surface area contributed by atoms with E-state index in [-0.39, 0.29) is 0 Å². The number of hydrogen-bond acceptors (Lipinski definition) is 1. The van der Waals surface area contributed by atoms with Gasteiger partial charge in [-0.1, -0.05) is 44.2 Å². The molecule has 106 valence electrons. The van der Waals surface area contributed by atoms with Gasteiger partial charge in [0.2, 0.25) is 0 Å². The van der Waals surface area contributed by atoms with Crippen LogP contribution in [0.25, 0.3) is 0 Å². The summed E-state index contributed by atoms with van der Waals surface area (Å²) in [7, 11) is 0. The zero-order valence-electron chi connectivity index (χ0n) is 12.5. The lowest BCUT2D eigenvalue weighted by Crippen LogP contribution is -2.39. The Morgan fingerprint density at radius 3 is 2.60 bits per heavy atom. The molecule has 0 spiro atoms. The number of nitrogens with zero attached hydrogens (tertiary/aromatic N) is 2. The Balaban J connectivity index is 1.91. The lowest BCUT2D eigenvalue weighted by Gasteiger charge is -2.37. The Morgan fingerprint density at radius 2 is 1.85 bits per heavy atom. The molecule has 2 aromatic rings. The Kier molecular flexibility index (Phi) is 3.93. The molecule has 0 amide bonds. The highest BCUT2D eigenvalue weighted by atomic mass is 15.2. The van der Waals surface area contributed by atoms with Crippen molar-refractivity contribution in [3.05, 3.63) is 59.9 Å². The van der Waals surface area contributed by atoms with E-state index in [0.717, 1.165) is 19.0 Å². The summed E-state index contributed by atoms with van der Waals surface area (Å²) in [6, 6.07) is 15.8. The third-order valence-electron chi connectivity index (χ3n) is 4.25. The molecule has 0 bridgehead atoms. The summed E-state index contributed by atoms with van der Waals surface area (Å²) in [6.07, 6.45) is 3.48. The molecular weight excluding hydrogens is 244 g/mol. The van der Waals surface area contributed by atoms with Gasteiger partial charge in [-0.05, 0) is 36.6 Å². The summed E-state index contributed by atoms with van der Waals surface area (Å²) in [5, 5.41) is 0. The van der Waals surface area contributed by atoms with Gasteiger partial charge >= 0.3 is 0 Å². The van der Waals surface area contributed by atoms with Crippen molar-refractivity contribution in [3.63, 3.8) is 0 Å². The molecule has 0 radical (unpaired) electrons. The summed E-state index contributed by atoms with van der Waals surface area (Å²) < 4.78 is 2.41. The number of rotatable bonds is 4. The monoisotopic (exact) mass is 268 g/mol. The molecule has 1 aromatic carbocycles. The number of hydrogen-bond donors (Lipinski definition) is 0. The molecule has 1 aliphatic rings. The van der Waals surface area contributed by atoms with Crippen LogP contribution in [0, 0.1) is 5.92 Å². The maximum atomic E-state index is 2.64. The summed E-state index contributed by atoms with van der Waals surface area (Å²) >= 11 is 0. The molecule has 2 nitrogen and oxygen atoms in total. The van der Waals surface area contributed by atoms with Gasteiger partial charge in [-0.25, -0.2) is 0 Å². The fourth-order valence-electron chi connectivity index (χ4n) is 3.11. The third-order valence-corrected chi connectivity index (χ3v) is 4.25. The topological polar surface area (TPSA) is 8.17 Å². The van der Waals surface area contributed by atoms with E-state index >= 15 is 0 Å². The maximum absolute atomic E-state index is 2.64. The largest absolute Gasteiger partial charge is 0.348 e. The van der Waals surface area contributed by atoms with E-state index in [1.165, 1.54) is 24.2 Å². The highest BCUT2D eigenvalue weighted by Gasteiger charge is 2.28. The van der Waals surface area contributed by atoms with Crippen LogP contribution in [0.4, 0.5) is 0 Å². The first-order chi connectivity index (χ1) is 9.75. The van der Waals surface area contributed by atoms with E-state index in [1.54, 1.807) is 0 Å². The fourth-order valence-corrected chi connectivity index (χ4v) is 3.11. The minimum Gasteiger partial charge on any atom is -0.348 e. The molecule has 0 saturated carbocycles. The molecular formula is C18H24N2. The van der Waals surface area contributed by atoms with Gasteiger partial charge in [0.05, 0.1) is 6.04 Å². The number of aromatic nitrogens is 1. The summed E-state index contributed by atoms with van der Waals surface area (Å²) in [5.41, 5.74) is 2.85. The van der Waals surface area contributed by atoms with E-state index in [1.807, 2.05) is 0 Å². The van der Waals surface area contributed by atoms with Crippen molar-refractivity contribution in [1.29, 1.82) is 0 Å². The first kappa shape index (κ1) is 13.4. The zero-order chi connectivity index (χ0) is 13.9. The van der Waals surface area contributed by atoms with Gasteiger partial charge < -0.3 is 4.57 Å². The minimum atomic E-state index is 0.415. The van der Waals surface area contributed by atoms with Crippen LogP contribution in [0.3, 0.4) is 0 Å². The maximum Gasteiger partial charge on any atom is 0.0756 e. The van der Waals surface area contributed by atoms with Crippen molar-refractivity contribution in [1.82, 2.24) is 9.47 Å². The van der Waals surface area contributed by atoms with Crippen LogP contribution in [0.2, 0.25) is 0 Å². The van der Waals surface area contributed by atoms with E-state index in [4.69, 9.17) is 0 Å². The van der Waals surface area contributed by atoms with Crippen LogP contribution in [0.5, 0.6) is 0 Å². The molecule has 1 aromatic heterocycles. The van der Waals surface area contributed by atoms with Crippen molar-refractivity contribution in [2.75, 3.05) is 13.1 Å². The van der Waals surface area contributed by atoms with Gasteiger partial charge in [0.25, 0.3) is 0 Å².